The third kappa shape index (κ3) is 3.86. The number of nitrogens with zero attached hydrogens (tertiary/aromatic N) is 5. The number of anilines is 1. The summed E-state index contributed by atoms with van der Waals surface area (Å²) in [5.74, 6) is 0.324. The van der Waals surface area contributed by atoms with E-state index in [-0.39, 0.29) is 23.7 Å². The lowest BCUT2D eigenvalue weighted by Crippen LogP contribution is -2.28. The maximum absolute atomic E-state index is 12.3. The molecule has 0 saturated heterocycles. The van der Waals surface area contributed by atoms with Gasteiger partial charge in [0.1, 0.15) is 30.0 Å². The first-order valence-corrected chi connectivity index (χ1v) is 9.83. The van der Waals surface area contributed by atoms with Crippen LogP contribution in [0.25, 0.3) is 0 Å². The van der Waals surface area contributed by atoms with Gasteiger partial charge in [-0.3, -0.25) is 4.79 Å². The predicted octanol–water partition coefficient (Wildman–Crippen LogP) is 3.26. The van der Waals surface area contributed by atoms with Gasteiger partial charge < -0.3 is 5.32 Å². The van der Waals surface area contributed by atoms with Crippen LogP contribution in [0.2, 0.25) is 0 Å². The Kier molecular flexibility index (Phi) is 5.29. The van der Waals surface area contributed by atoms with Crippen LogP contribution < -0.4 is 5.32 Å². The minimum Gasteiger partial charge on any atom is -0.315 e. The highest BCUT2D eigenvalue weighted by Crippen LogP contribution is 2.45. The molecular formula is C19H22N6OS. The summed E-state index contributed by atoms with van der Waals surface area (Å²) in [7, 11) is 0. The van der Waals surface area contributed by atoms with E-state index in [0.717, 1.165) is 31.2 Å². The number of nitrogens with one attached hydrogen (secondary N) is 1. The van der Waals surface area contributed by atoms with Crippen LogP contribution in [-0.4, -0.2) is 20.7 Å². The van der Waals surface area contributed by atoms with Gasteiger partial charge in [-0.15, -0.1) is 16.4 Å². The molecule has 0 aliphatic heterocycles. The van der Waals surface area contributed by atoms with Crippen LogP contribution in [0.15, 0.2) is 6.33 Å². The van der Waals surface area contributed by atoms with Crippen LogP contribution in [0.5, 0.6) is 0 Å². The van der Waals surface area contributed by atoms with Gasteiger partial charge in [0.15, 0.2) is 0 Å². The Morgan fingerprint density at radius 3 is 2.85 bits per heavy atom. The molecule has 27 heavy (non-hydrogen) atoms. The van der Waals surface area contributed by atoms with E-state index in [1.54, 1.807) is 0 Å². The Hall–Kier alpha value is -2.71. The van der Waals surface area contributed by atoms with Gasteiger partial charge in [0.25, 0.3) is 5.82 Å². The average molecular weight is 382 g/mol. The number of aromatic nitrogens is 3. The van der Waals surface area contributed by atoms with Crippen molar-refractivity contribution in [1.82, 2.24) is 14.8 Å². The Balaban J connectivity index is 1.76. The molecule has 1 atom stereocenters. The second-order valence-corrected chi connectivity index (χ2v) is 8.63. The fourth-order valence-electron chi connectivity index (χ4n) is 3.48. The van der Waals surface area contributed by atoms with Crippen molar-refractivity contribution in [2.75, 3.05) is 5.32 Å². The first-order valence-electron chi connectivity index (χ1n) is 9.02. The molecule has 0 saturated carbocycles. The van der Waals surface area contributed by atoms with Crippen molar-refractivity contribution in [2.24, 2.45) is 11.3 Å². The van der Waals surface area contributed by atoms with Gasteiger partial charge in [-0.1, -0.05) is 27.2 Å². The van der Waals surface area contributed by atoms with Crippen molar-refractivity contribution in [2.45, 2.75) is 53.0 Å². The zero-order valence-electron chi connectivity index (χ0n) is 15.7. The molecule has 2 heterocycles. The summed E-state index contributed by atoms with van der Waals surface area (Å²) in [5, 5.41) is 25.7. The maximum atomic E-state index is 12.3. The SMILES string of the molecule is CCC(C)(C)C1CCc2c(sc(NC(=O)Cn3cnc(C#N)n3)c2C#N)C1. The highest BCUT2D eigenvalue weighted by atomic mass is 32.1. The second kappa shape index (κ2) is 7.50. The van der Waals surface area contributed by atoms with Crippen molar-refractivity contribution in [3.05, 3.63) is 28.2 Å². The standard InChI is InChI=1S/C19H22N6OS/c1-4-19(2,3)12-5-6-13-14(8-20)18(27-15(13)7-12)23-17(26)10-25-11-22-16(9-21)24-25/h11-12H,4-7,10H2,1-3H3,(H,23,26). The Morgan fingerprint density at radius 1 is 1.44 bits per heavy atom. The van der Waals surface area contributed by atoms with Crippen LogP contribution in [0.3, 0.4) is 0 Å². The molecule has 1 amide bonds. The third-order valence-electron chi connectivity index (χ3n) is 5.59. The summed E-state index contributed by atoms with van der Waals surface area (Å²) in [6.45, 7) is 6.78. The summed E-state index contributed by atoms with van der Waals surface area (Å²) >= 11 is 1.51. The molecular weight excluding hydrogens is 360 g/mol. The summed E-state index contributed by atoms with van der Waals surface area (Å²) in [4.78, 5) is 17.3. The molecule has 0 radical (unpaired) electrons. The molecule has 140 valence electrons. The first-order chi connectivity index (χ1) is 12.9. The van der Waals surface area contributed by atoms with Gasteiger partial charge in [-0.2, -0.15) is 10.5 Å². The largest absolute Gasteiger partial charge is 0.315 e. The minimum atomic E-state index is -0.287. The van der Waals surface area contributed by atoms with E-state index in [4.69, 9.17) is 5.26 Å². The van der Waals surface area contributed by atoms with Gasteiger partial charge in [0, 0.05) is 4.88 Å². The average Bonchev–Trinajstić information content (AvgIpc) is 3.24. The van der Waals surface area contributed by atoms with Crippen molar-refractivity contribution in [3.63, 3.8) is 0 Å². The molecule has 8 heteroatoms. The van der Waals surface area contributed by atoms with E-state index in [2.05, 4.69) is 42.2 Å². The second-order valence-electron chi connectivity index (χ2n) is 7.53. The monoisotopic (exact) mass is 382 g/mol. The van der Waals surface area contributed by atoms with E-state index >= 15 is 0 Å². The number of rotatable bonds is 5. The summed E-state index contributed by atoms with van der Waals surface area (Å²) < 4.78 is 1.31. The van der Waals surface area contributed by atoms with E-state index in [0.29, 0.717) is 16.5 Å². The minimum absolute atomic E-state index is 0.0247. The molecule has 0 bridgehead atoms. The maximum Gasteiger partial charge on any atom is 0.252 e. The lowest BCUT2D eigenvalue weighted by molar-refractivity contribution is -0.116. The fraction of sp³-hybridized carbons (Fsp3) is 0.526. The van der Waals surface area contributed by atoms with E-state index < -0.39 is 0 Å². The molecule has 1 N–H and O–H groups in total. The summed E-state index contributed by atoms with van der Waals surface area (Å²) in [6, 6.07) is 4.10. The lowest BCUT2D eigenvalue weighted by Gasteiger charge is -2.36. The number of hydrogen-bond donors (Lipinski definition) is 1. The molecule has 2 aromatic rings. The summed E-state index contributed by atoms with van der Waals surface area (Å²) in [5.41, 5.74) is 1.95. The molecule has 0 spiro atoms. The van der Waals surface area contributed by atoms with Crippen LogP contribution >= 0.6 is 11.3 Å². The normalized spacial score (nSPS) is 16.3. The molecule has 3 rings (SSSR count). The van der Waals surface area contributed by atoms with Crippen LogP contribution in [0.1, 0.15) is 55.4 Å². The van der Waals surface area contributed by atoms with E-state index in [1.165, 1.54) is 27.2 Å². The fourth-order valence-corrected chi connectivity index (χ4v) is 4.78. The molecule has 1 unspecified atom stereocenters. The van der Waals surface area contributed by atoms with Crippen LogP contribution in [-0.2, 0) is 24.2 Å². The highest BCUT2D eigenvalue weighted by Gasteiger charge is 2.34. The molecule has 1 aliphatic carbocycles. The lowest BCUT2D eigenvalue weighted by atomic mass is 9.69. The molecule has 0 fully saturated rings. The number of nitriles is 2. The predicted molar refractivity (Wildman–Crippen MR) is 102 cm³/mol. The topological polar surface area (TPSA) is 107 Å². The number of amides is 1. The van der Waals surface area contributed by atoms with Gasteiger partial charge >= 0.3 is 0 Å². The number of fused-ring (bicyclic) bond motifs is 1. The van der Waals surface area contributed by atoms with Gasteiger partial charge in [0.2, 0.25) is 5.91 Å². The smallest absolute Gasteiger partial charge is 0.252 e. The van der Waals surface area contributed by atoms with Crippen molar-refractivity contribution >= 4 is 22.2 Å². The first kappa shape index (κ1) is 19.1. The number of carbonyl (C=O) groups is 1. The third-order valence-corrected chi connectivity index (χ3v) is 6.76. The molecule has 1 aliphatic rings. The van der Waals surface area contributed by atoms with Crippen LogP contribution in [0, 0.1) is 34.0 Å². The van der Waals surface area contributed by atoms with Gasteiger partial charge in [-0.05, 0) is 36.2 Å². The molecule has 7 nitrogen and oxygen atoms in total. The Bertz CT molecular complexity index is 943. The zero-order valence-corrected chi connectivity index (χ0v) is 16.6. The number of thiophene rings is 1. The highest BCUT2D eigenvalue weighted by molar-refractivity contribution is 7.16. The van der Waals surface area contributed by atoms with E-state index in [1.807, 2.05) is 6.07 Å². The van der Waals surface area contributed by atoms with Gasteiger partial charge in [0.05, 0.1) is 5.56 Å². The summed E-state index contributed by atoms with van der Waals surface area (Å²) in [6.07, 6.45) is 5.38. The molecule has 0 aromatic carbocycles. The van der Waals surface area contributed by atoms with Gasteiger partial charge in [-0.25, -0.2) is 9.67 Å². The van der Waals surface area contributed by atoms with Crippen molar-refractivity contribution in [1.29, 1.82) is 10.5 Å². The van der Waals surface area contributed by atoms with Crippen molar-refractivity contribution in [3.8, 4) is 12.1 Å². The zero-order chi connectivity index (χ0) is 19.6. The molecule has 2 aromatic heterocycles. The van der Waals surface area contributed by atoms with Crippen LogP contribution in [0.4, 0.5) is 5.00 Å². The Morgan fingerprint density at radius 2 is 2.22 bits per heavy atom. The Labute approximate surface area is 162 Å². The van der Waals surface area contributed by atoms with E-state index in [9.17, 15) is 10.1 Å². The number of hydrogen-bond acceptors (Lipinski definition) is 6. The number of carbonyl (C=O) groups excluding carboxylic acids is 1. The van der Waals surface area contributed by atoms with Crippen molar-refractivity contribution < 1.29 is 4.79 Å². The quantitative estimate of drug-likeness (QED) is 0.854.